The van der Waals surface area contributed by atoms with E-state index < -0.39 is 0 Å². The average Bonchev–Trinajstić information content (AvgIpc) is 3.08. The molecule has 1 N–H and O–H groups in total. The van der Waals surface area contributed by atoms with E-state index in [0.29, 0.717) is 5.41 Å². The van der Waals surface area contributed by atoms with Gasteiger partial charge in [0.2, 0.25) is 0 Å². The summed E-state index contributed by atoms with van der Waals surface area (Å²) < 4.78 is 5.73. The van der Waals surface area contributed by atoms with Gasteiger partial charge in [0, 0.05) is 19.6 Å². The fourth-order valence-electron chi connectivity index (χ4n) is 3.52. The standard InChI is InChI=1S/C17H26N2O/c1-2-10-20-16-5-3-4-15(11-16)12-19-9-7-17(14-19)6-8-18-13-17/h3-5,11,18H,2,6-10,12-14H2,1H3. The van der Waals surface area contributed by atoms with Gasteiger partial charge in [-0.3, -0.25) is 4.90 Å². The van der Waals surface area contributed by atoms with Gasteiger partial charge in [-0.05, 0) is 55.5 Å². The minimum Gasteiger partial charge on any atom is -0.494 e. The van der Waals surface area contributed by atoms with Gasteiger partial charge in [0.05, 0.1) is 6.61 Å². The number of likely N-dealkylation sites (tertiary alicyclic amines) is 1. The first-order chi connectivity index (χ1) is 9.80. The Labute approximate surface area is 122 Å². The molecule has 2 fully saturated rings. The highest BCUT2D eigenvalue weighted by Gasteiger charge is 2.39. The smallest absolute Gasteiger partial charge is 0.119 e. The third-order valence-corrected chi connectivity index (χ3v) is 4.63. The molecule has 0 aromatic heterocycles. The van der Waals surface area contributed by atoms with Crippen LogP contribution in [0.1, 0.15) is 31.7 Å². The van der Waals surface area contributed by atoms with Gasteiger partial charge < -0.3 is 10.1 Å². The molecule has 1 atom stereocenters. The van der Waals surface area contributed by atoms with Crippen molar-refractivity contribution < 1.29 is 4.74 Å². The predicted octanol–water partition coefficient (Wildman–Crippen LogP) is 2.66. The lowest BCUT2D eigenvalue weighted by Crippen LogP contribution is -2.28. The van der Waals surface area contributed by atoms with Crippen LogP contribution in [0, 0.1) is 5.41 Å². The molecule has 0 bridgehead atoms. The van der Waals surface area contributed by atoms with Crippen LogP contribution in [0.5, 0.6) is 5.75 Å². The van der Waals surface area contributed by atoms with E-state index in [1.54, 1.807) is 0 Å². The van der Waals surface area contributed by atoms with Crippen molar-refractivity contribution in [1.82, 2.24) is 10.2 Å². The van der Waals surface area contributed by atoms with Crippen molar-refractivity contribution >= 4 is 0 Å². The van der Waals surface area contributed by atoms with Crippen molar-refractivity contribution in [2.75, 3.05) is 32.8 Å². The molecule has 0 radical (unpaired) electrons. The molecule has 0 amide bonds. The Kier molecular flexibility index (Phi) is 4.27. The van der Waals surface area contributed by atoms with Gasteiger partial charge in [-0.15, -0.1) is 0 Å². The quantitative estimate of drug-likeness (QED) is 0.893. The molecule has 0 saturated carbocycles. The Bertz CT molecular complexity index is 440. The molecule has 2 saturated heterocycles. The van der Waals surface area contributed by atoms with Crippen LogP contribution in [0.15, 0.2) is 24.3 Å². The second-order valence-electron chi connectivity index (χ2n) is 6.38. The van der Waals surface area contributed by atoms with Gasteiger partial charge in [-0.2, -0.15) is 0 Å². The van der Waals surface area contributed by atoms with E-state index >= 15 is 0 Å². The molecular formula is C17H26N2O. The predicted molar refractivity (Wildman–Crippen MR) is 82.0 cm³/mol. The van der Waals surface area contributed by atoms with E-state index in [9.17, 15) is 0 Å². The minimum atomic E-state index is 0.566. The number of nitrogens with zero attached hydrogens (tertiary/aromatic N) is 1. The summed E-state index contributed by atoms with van der Waals surface area (Å²) in [5.41, 5.74) is 1.94. The molecule has 1 aromatic carbocycles. The number of hydrogen-bond acceptors (Lipinski definition) is 3. The number of rotatable bonds is 5. The van der Waals surface area contributed by atoms with Crippen LogP contribution in [-0.4, -0.2) is 37.7 Å². The average molecular weight is 274 g/mol. The molecular weight excluding hydrogens is 248 g/mol. The maximum atomic E-state index is 5.73. The second kappa shape index (κ2) is 6.15. The molecule has 2 aliphatic rings. The molecule has 3 heteroatoms. The Hall–Kier alpha value is -1.06. The molecule has 110 valence electrons. The summed E-state index contributed by atoms with van der Waals surface area (Å²) in [4.78, 5) is 2.60. The van der Waals surface area contributed by atoms with E-state index in [-0.39, 0.29) is 0 Å². The summed E-state index contributed by atoms with van der Waals surface area (Å²) in [6.07, 6.45) is 3.76. The maximum Gasteiger partial charge on any atom is 0.119 e. The molecule has 1 unspecified atom stereocenters. The van der Waals surface area contributed by atoms with Crippen LogP contribution in [0.3, 0.4) is 0 Å². The van der Waals surface area contributed by atoms with Crippen LogP contribution in [0.2, 0.25) is 0 Å². The van der Waals surface area contributed by atoms with Crippen molar-refractivity contribution in [3.63, 3.8) is 0 Å². The summed E-state index contributed by atoms with van der Waals surface area (Å²) in [7, 11) is 0. The summed E-state index contributed by atoms with van der Waals surface area (Å²) in [5.74, 6) is 1.01. The lowest BCUT2D eigenvalue weighted by Gasteiger charge is -2.23. The fraction of sp³-hybridized carbons (Fsp3) is 0.647. The van der Waals surface area contributed by atoms with Crippen molar-refractivity contribution in [2.45, 2.75) is 32.7 Å². The van der Waals surface area contributed by atoms with E-state index in [2.05, 4.69) is 41.4 Å². The molecule has 1 aromatic rings. The van der Waals surface area contributed by atoms with Crippen molar-refractivity contribution in [3.05, 3.63) is 29.8 Å². The lowest BCUT2D eigenvalue weighted by molar-refractivity contribution is 0.268. The van der Waals surface area contributed by atoms with Gasteiger partial charge >= 0.3 is 0 Å². The Morgan fingerprint density at radius 1 is 1.35 bits per heavy atom. The highest BCUT2D eigenvalue weighted by Crippen LogP contribution is 2.36. The van der Waals surface area contributed by atoms with E-state index in [1.807, 2.05) is 0 Å². The third kappa shape index (κ3) is 3.15. The molecule has 2 aliphatic heterocycles. The first-order valence-electron chi connectivity index (χ1n) is 7.94. The minimum absolute atomic E-state index is 0.566. The highest BCUT2D eigenvalue weighted by molar-refractivity contribution is 5.28. The van der Waals surface area contributed by atoms with Crippen LogP contribution in [0.25, 0.3) is 0 Å². The third-order valence-electron chi connectivity index (χ3n) is 4.63. The van der Waals surface area contributed by atoms with Gasteiger partial charge in [-0.1, -0.05) is 19.1 Å². The Balaban J connectivity index is 1.58. The van der Waals surface area contributed by atoms with Gasteiger partial charge in [-0.25, -0.2) is 0 Å². The van der Waals surface area contributed by atoms with E-state index in [0.717, 1.165) is 25.3 Å². The van der Waals surface area contributed by atoms with Crippen LogP contribution >= 0.6 is 0 Å². The zero-order valence-corrected chi connectivity index (χ0v) is 12.5. The summed E-state index contributed by atoms with van der Waals surface area (Å²) in [6.45, 7) is 8.91. The van der Waals surface area contributed by atoms with Crippen LogP contribution in [0.4, 0.5) is 0 Å². The lowest BCUT2D eigenvalue weighted by atomic mass is 9.86. The molecule has 0 aliphatic carbocycles. The largest absolute Gasteiger partial charge is 0.494 e. The first kappa shape index (κ1) is 13.9. The normalized spacial score (nSPS) is 26.4. The second-order valence-corrected chi connectivity index (χ2v) is 6.38. The monoisotopic (exact) mass is 274 g/mol. The maximum absolute atomic E-state index is 5.73. The van der Waals surface area contributed by atoms with Crippen molar-refractivity contribution in [2.24, 2.45) is 5.41 Å². The van der Waals surface area contributed by atoms with Gasteiger partial charge in [0.15, 0.2) is 0 Å². The summed E-state index contributed by atoms with van der Waals surface area (Å²) >= 11 is 0. The molecule has 2 heterocycles. The van der Waals surface area contributed by atoms with Crippen molar-refractivity contribution in [3.8, 4) is 5.75 Å². The molecule has 20 heavy (non-hydrogen) atoms. The van der Waals surface area contributed by atoms with Crippen LogP contribution < -0.4 is 10.1 Å². The zero-order valence-electron chi connectivity index (χ0n) is 12.5. The molecule has 3 rings (SSSR count). The topological polar surface area (TPSA) is 24.5 Å². The van der Waals surface area contributed by atoms with Crippen molar-refractivity contribution in [1.29, 1.82) is 0 Å². The Morgan fingerprint density at radius 2 is 2.30 bits per heavy atom. The number of benzene rings is 1. The first-order valence-corrected chi connectivity index (χ1v) is 7.94. The number of ether oxygens (including phenoxy) is 1. The van der Waals surface area contributed by atoms with E-state index in [1.165, 1.54) is 44.6 Å². The number of nitrogens with one attached hydrogen (secondary N) is 1. The summed E-state index contributed by atoms with van der Waals surface area (Å²) in [5, 5.41) is 3.53. The van der Waals surface area contributed by atoms with Crippen LogP contribution in [-0.2, 0) is 6.54 Å². The highest BCUT2D eigenvalue weighted by atomic mass is 16.5. The Morgan fingerprint density at radius 3 is 3.10 bits per heavy atom. The van der Waals surface area contributed by atoms with Gasteiger partial charge in [0.25, 0.3) is 0 Å². The summed E-state index contributed by atoms with van der Waals surface area (Å²) in [6, 6.07) is 8.60. The van der Waals surface area contributed by atoms with Gasteiger partial charge in [0.1, 0.15) is 5.75 Å². The zero-order chi connectivity index (χ0) is 13.8. The van der Waals surface area contributed by atoms with E-state index in [4.69, 9.17) is 4.74 Å². The fourth-order valence-corrected chi connectivity index (χ4v) is 3.52. The number of hydrogen-bond donors (Lipinski definition) is 1. The molecule has 3 nitrogen and oxygen atoms in total. The SMILES string of the molecule is CCCOc1cccc(CN2CCC3(CCNC3)C2)c1. The molecule has 1 spiro atoms.